The fraction of sp³-hybridized carbons (Fsp3) is 0.375. The van der Waals surface area contributed by atoms with Crippen LogP contribution in [0.25, 0.3) is 0 Å². The quantitative estimate of drug-likeness (QED) is 0.829. The third kappa shape index (κ3) is 2.14. The number of hydrogen-bond donors (Lipinski definition) is 2. The highest BCUT2D eigenvalue weighted by Gasteiger charge is 2.60. The van der Waals surface area contributed by atoms with Crippen LogP contribution in [0.1, 0.15) is 13.8 Å². The molecule has 6 heteroatoms. The lowest BCUT2D eigenvalue weighted by Crippen LogP contribution is -2.63. The SMILES string of the molecule is CC(O)[C@H]1C(=O)N2C(C(=O)O)=C(Sc3ccccc3)[C@H](C)[C@H]12. The summed E-state index contributed by atoms with van der Waals surface area (Å²) in [6.07, 6.45) is -0.771. The molecule has 1 amide bonds. The number of rotatable bonds is 4. The van der Waals surface area contributed by atoms with E-state index in [0.29, 0.717) is 4.91 Å². The van der Waals surface area contributed by atoms with Crippen molar-refractivity contribution in [1.82, 2.24) is 4.90 Å². The molecule has 5 nitrogen and oxygen atoms in total. The third-order valence-electron chi connectivity index (χ3n) is 4.28. The van der Waals surface area contributed by atoms with E-state index in [1.165, 1.54) is 16.7 Å². The number of fused-ring (bicyclic) bond motifs is 1. The first kappa shape index (κ1) is 15.1. The molecule has 2 aliphatic heterocycles. The lowest BCUT2D eigenvalue weighted by Gasteiger charge is -2.46. The molecular weight excluding hydrogens is 302 g/mol. The molecule has 1 saturated heterocycles. The van der Waals surface area contributed by atoms with Gasteiger partial charge < -0.3 is 15.1 Å². The first-order chi connectivity index (χ1) is 10.4. The largest absolute Gasteiger partial charge is 0.477 e. The van der Waals surface area contributed by atoms with E-state index in [0.717, 1.165) is 4.90 Å². The van der Waals surface area contributed by atoms with Crippen LogP contribution in [0.3, 0.4) is 0 Å². The van der Waals surface area contributed by atoms with E-state index in [-0.39, 0.29) is 23.6 Å². The summed E-state index contributed by atoms with van der Waals surface area (Å²) in [5.74, 6) is -2.01. The maximum atomic E-state index is 12.2. The van der Waals surface area contributed by atoms with Gasteiger partial charge in [-0.15, -0.1) is 0 Å². The molecule has 2 heterocycles. The Kier molecular flexibility index (Phi) is 3.74. The summed E-state index contributed by atoms with van der Waals surface area (Å²) in [5.41, 5.74) is 0.0632. The number of β-lactam (4-membered cyclic amide) rings is 1. The molecule has 0 aliphatic carbocycles. The number of carboxylic acids is 1. The number of carboxylic acid groups (broad SMARTS) is 1. The molecule has 1 aromatic carbocycles. The van der Waals surface area contributed by atoms with Crippen LogP contribution in [0.2, 0.25) is 0 Å². The van der Waals surface area contributed by atoms with Crippen molar-refractivity contribution in [3.8, 4) is 0 Å². The van der Waals surface area contributed by atoms with Gasteiger partial charge in [-0.2, -0.15) is 0 Å². The molecule has 0 saturated carbocycles. The second-order valence-corrected chi connectivity index (χ2v) is 6.80. The third-order valence-corrected chi connectivity index (χ3v) is 5.58. The van der Waals surface area contributed by atoms with Crippen LogP contribution in [-0.4, -0.2) is 39.1 Å². The lowest BCUT2D eigenvalue weighted by molar-refractivity contribution is -0.163. The predicted octanol–water partition coefficient (Wildman–Crippen LogP) is 1.93. The number of carbonyl (C=O) groups excluding carboxylic acids is 1. The van der Waals surface area contributed by atoms with E-state index in [2.05, 4.69) is 0 Å². The molecule has 22 heavy (non-hydrogen) atoms. The van der Waals surface area contributed by atoms with E-state index in [9.17, 15) is 19.8 Å². The van der Waals surface area contributed by atoms with Gasteiger partial charge in [0, 0.05) is 15.7 Å². The Morgan fingerprint density at radius 1 is 1.32 bits per heavy atom. The number of nitrogens with zero attached hydrogens (tertiary/aromatic N) is 1. The molecular formula is C16H17NO4S. The summed E-state index contributed by atoms with van der Waals surface area (Å²) in [4.78, 5) is 26.8. The van der Waals surface area contributed by atoms with Gasteiger partial charge in [-0.25, -0.2) is 4.79 Å². The van der Waals surface area contributed by atoms with E-state index in [4.69, 9.17) is 0 Å². The topological polar surface area (TPSA) is 77.8 Å². The summed E-state index contributed by atoms with van der Waals surface area (Å²) < 4.78 is 0. The van der Waals surface area contributed by atoms with E-state index < -0.39 is 18.0 Å². The van der Waals surface area contributed by atoms with Crippen LogP contribution in [0, 0.1) is 11.8 Å². The van der Waals surface area contributed by atoms with E-state index >= 15 is 0 Å². The molecule has 2 N–H and O–H groups in total. The van der Waals surface area contributed by atoms with Crippen molar-refractivity contribution >= 4 is 23.6 Å². The van der Waals surface area contributed by atoms with Crippen molar-refractivity contribution in [3.63, 3.8) is 0 Å². The normalized spacial score (nSPS) is 28.4. The van der Waals surface area contributed by atoms with Crippen LogP contribution in [0.15, 0.2) is 45.8 Å². The average molecular weight is 319 g/mol. The average Bonchev–Trinajstić information content (AvgIpc) is 2.70. The van der Waals surface area contributed by atoms with Crippen LogP contribution in [0.5, 0.6) is 0 Å². The highest BCUT2D eigenvalue weighted by Crippen LogP contribution is 2.51. The number of carbonyl (C=O) groups is 2. The van der Waals surface area contributed by atoms with Gasteiger partial charge in [0.05, 0.1) is 18.1 Å². The van der Waals surface area contributed by atoms with Crippen molar-refractivity contribution < 1.29 is 19.8 Å². The summed E-state index contributed by atoms with van der Waals surface area (Å²) >= 11 is 1.38. The molecule has 116 valence electrons. The van der Waals surface area contributed by atoms with Crippen molar-refractivity contribution in [2.24, 2.45) is 11.8 Å². The zero-order chi connectivity index (χ0) is 16.0. The number of hydrogen-bond acceptors (Lipinski definition) is 4. The first-order valence-corrected chi connectivity index (χ1v) is 7.96. The second kappa shape index (κ2) is 5.44. The number of aliphatic carboxylic acids is 1. The van der Waals surface area contributed by atoms with Crippen molar-refractivity contribution in [2.45, 2.75) is 30.9 Å². The van der Waals surface area contributed by atoms with Gasteiger partial charge in [0.2, 0.25) is 5.91 Å². The fourth-order valence-corrected chi connectivity index (χ4v) is 4.43. The summed E-state index contributed by atoms with van der Waals surface area (Å²) in [6, 6.07) is 9.24. The van der Waals surface area contributed by atoms with Gasteiger partial charge in [0.25, 0.3) is 0 Å². The Hall–Kier alpha value is -1.79. The van der Waals surface area contributed by atoms with Crippen molar-refractivity contribution in [2.75, 3.05) is 0 Å². The molecule has 1 aromatic rings. The number of amides is 1. The first-order valence-electron chi connectivity index (χ1n) is 7.15. The standard InChI is InChI=1S/C16H17NO4S/c1-8-12-11(9(2)18)15(19)17(12)13(16(20)21)14(8)22-10-6-4-3-5-7-10/h3-9,11-12,18H,1-2H3,(H,20,21)/t8-,9?,11-,12-/m1/s1. The Morgan fingerprint density at radius 2 is 1.95 bits per heavy atom. The molecule has 0 spiro atoms. The molecule has 1 fully saturated rings. The summed E-state index contributed by atoms with van der Waals surface area (Å²) in [7, 11) is 0. The number of thioether (sulfide) groups is 1. The molecule has 3 rings (SSSR count). The zero-order valence-electron chi connectivity index (χ0n) is 12.3. The number of aliphatic hydroxyl groups is 1. The Labute approximate surface area is 132 Å². The van der Waals surface area contributed by atoms with Crippen LogP contribution >= 0.6 is 11.8 Å². The van der Waals surface area contributed by atoms with Crippen LogP contribution < -0.4 is 0 Å². The number of aliphatic hydroxyl groups excluding tert-OH is 1. The highest BCUT2D eigenvalue weighted by molar-refractivity contribution is 8.03. The lowest BCUT2D eigenvalue weighted by atomic mass is 9.79. The highest BCUT2D eigenvalue weighted by atomic mass is 32.2. The fourth-order valence-electron chi connectivity index (χ4n) is 3.27. The number of benzene rings is 1. The second-order valence-electron chi connectivity index (χ2n) is 5.69. The van der Waals surface area contributed by atoms with Crippen LogP contribution in [-0.2, 0) is 9.59 Å². The van der Waals surface area contributed by atoms with Gasteiger partial charge >= 0.3 is 5.97 Å². The van der Waals surface area contributed by atoms with Crippen molar-refractivity contribution in [3.05, 3.63) is 40.9 Å². The summed E-state index contributed by atoms with van der Waals surface area (Å²) in [6.45, 7) is 3.50. The van der Waals surface area contributed by atoms with E-state index in [1.807, 2.05) is 37.3 Å². The Bertz CT molecular complexity index is 655. The minimum atomic E-state index is -1.09. The zero-order valence-corrected chi connectivity index (χ0v) is 13.1. The smallest absolute Gasteiger partial charge is 0.353 e. The molecule has 1 unspecified atom stereocenters. The molecule has 4 atom stereocenters. The van der Waals surface area contributed by atoms with Gasteiger partial charge in [0.1, 0.15) is 5.70 Å². The molecule has 2 aliphatic rings. The minimum Gasteiger partial charge on any atom is -0.477 e. The molecule has 0 aromatic heterocycles. The van der Waals surface area contributed by atoms with E-state index in [1.54, 1.807) is 6.92 Å². The van der Waals surface area contributed by atoms with Gasteiger partial charge in [-0.05, 0) is 19.1 Å². The van der Waals surface area contributed by atoms with Crippen molar-refractivity contribution in [1.29, 1.82) is 0 Å². The summed E-state index contributed by atoms with van der Waals surface area (Å²) in [5, 5.41) is 19.3. The van der Waals surface area contributed by atoms with Gasteiger partial charge in [0.15, 0.2) is 0 Å². The molecule has 0 bridgehead atoms. The van der Waals surface area contributed by atoms with Gasteiger partial charge in [-0.1, -0.05) is 36.9 Å². The maximum Gasteiger partial charge on any atom is 0.353 e. The van der Waals surface area contributed by atoms with Gasteiger partial charge in [-0.3, -0.25) is 4.79 Å². The van der Waals surface area contributed by atoms with Crippen LogP contribution in [0.4, 0.5) is 0 Å². The minimum absolute atomic E-state index is 0.0632. The molecule has 0 radical (unpaired) electrons. The maximum absolute atomic E-state index is 12.2. The Balaban J connectivity index is 1.97. The Morgan fingerprint density at radius 3 is 2.50 bits per heavy atom. The monoisotopic (exact) mass is 319 g/mol. The predicted molar refractivity (Wildman–Crippen MR) is 81.9 cm³/mol.